The van der Waals surface area contributed by atoms with Crippen LogP contribution in [-0.4, -0.2) is 48.5 Å². The molecular formula is C21H32N2O5. The van der Waals surface area contributed by atoms with Crippen LogP contribution in [0.2, 0.25) is 0 Å². The van der Waals surface area contributed by atoms with Crippen molar-refractivity contribution in [2.75, 3.05) is 20.2 Å². The Hall–Kier alpha value is -2.44. The van der Waals surface area contributed by atoms with Crippen LogP contribution in [0.5, 0.6) is 5.75 Å². The number of methoxy groups -OCH3 is 1. The minimum atomic E-state index is -0.764. The third-order valence-corrected chi connectivity index (χ3v) is 4.27. The standard InChI is InChI=1S/C21H32N2O5/c1-14-9-10-15(11-16(14)26-8)21(22-17(24)27-19(2,3)4)12-23(13-21)18(25)28-20(5,6)7/h9-11H,12-13H2,1-8H3,(H,22,24). The van der Waals surface area contributed by atoms with Crippen molar-refractivity contribution in [3.05, 3.63) is 29.3 Å². The van der Waals surface area contributed by atoms with E-state index in [4.69, 9.17) is 14.2 Å². The van der Waals surface area contributed by atoms with Gasteiger partial charge in [0.2, 0.25) is 0 Å². The van der Waals surface area contributed by atoms with Gasteiger partial charge in [-0.1, -0.05) is 12.1 Å². The van der Waals surface area contributed by atoms with Gasteiger partial charge in [0.25, 0.3) is 0 Å². The first kappa shape index (κ1) is 21.9. The van der Waals surface area contributed by atoms with E-state index in [2.05, 4.69) is 5.32 Å². The number of likely N-dealkylation sites (tertiary alicyclic amines) is 1. The van der Waals surface area contributed by atoms with E-state index in [0.29, 0.717) is 0 Å². The smallest absolute Gasteiger partial charge is 0.410 e. The van der Waals surface area contributed by atoms with E-state index in [1.807, 2.05) is 66.7 Å². The molecule has 0 spiro atoms. The summed E-state index contributed by atoms with van der Waals surface area (Å²) >= 11 is 0. The molecule has 1 saturated heterocycles. The summed E-state index contributed by atoms with van der Waals surface area (Å²) in [6, 6.07) is 5.75. The zero-order chi connectivity index (χ0) is 21.3. The van der Waals surface area contributed by atoms with Gasteiger partial charge in [0, 0.05) is 0 Å². The Morgan fingerprint density at radius 2 is 1.61 bits per heavy atom. The highest BCUT2D eigenvalue weighted by Gasteiger charge is 2.49. The van der Waals surface area contributed by atoms with Crippen molar-refractivity contribution < 1.29 is 23.8 Å². The molecule has 156 valence electrons. The molecule has 0 unspecified atom stereocenters. The SMILES string of the molecule is COc1cc(C2(NC(=O)OC(C)(C)C)CN(C(=O)OC(C)(C)C)C2)ccc1C. The van der Waals surface area contributed by atoms with Gasteiger partial charge in [-0.15, -0.1) is 0 Å². The van der Waals surface area contributed by atoms with E-state index in [9.17, 15) is 9.59 Å². The van der Waals surface area contributed by atoms with Gasteiger partial charge in [-0.25, -0.2) is 9.59 Å². The summed E-state index contributed by atoms with van der Waals surface area (Å²) in [5.41, 5.74) is -0.130. The zero-order valence-corrected chi connectivity index (χ0v) is 18.1. The van der Waals surface area contributed by atoms with Crippen LogP contribution in [-0.2, 0) is 15.0 Å². The fourth-order valence-electron chi connectivity index (χ4n) is 3.01. The van der Waals surface area contributed by atoms with E-state index in [-0.39, 0.29) is 13.1 Å². The Bertz CT molecular complexity index is 740. The Labute approximate surface area is 167 Å². The molecule has 1 aliphatic heterocycles. The summed E-state index contributed by atoms with van der Waals surface area (Å²) in [7, 11) is 1.61. The number of amides is 2. The second kappa shape index (κ2) is 7.53. The molecule has 0 atom stereocenters. The van der Waals surface area contributed by atoms with Gasteiger partial charge in [0.05, 0.1) is 20.2 Å². The molecule has 1 aliphatic rings. The number of hydrogen-bond donors (Lipinski definition) is 1. The number of alkyl carbamates (subject to hydrolysis) is 1. The molecule has 7 nitrogen and oxygen atoms in total. The number of benzene rings is 1. The maximum absolute atomic E-state index is 12.5. The number of aryl methyl sites for hydroxylation is 1. The van der Waals surface area contributed by atoms with Gasteiger partial charge < -0.3 is 24.4 Å². The normalized spacial score (nSPS) is 16.1. The molecule has 0 radical (unpaired) electrons. The minimum Gasteiger partial charge on any atom is -0.496 e. The topological polar surface area (TPSA) is 77.1 Å². The number of ether oxygens (including phenoxy) is 3. The minimum absolute atomic E-state index is 0.285. The van der Waals surface area contributed by atoms with E-state index in [1.54, 1.807) is 12.0 Å². The summed E-state index contributed by atoms with van der Waals surface area (Å²) in [6.07, 6.45) is -0.941. The Balaban J connectivity index is 2.26. The predicted octanol–water partition coefficient (Wildman–Crippen LogP) is 3.97. The summed E-state index contributed by atoms with van der Waals surface area (Å²) in [4.78, 5) is 26.4. The van der Waals surface area contributed by atoms with Gasteiger partial charge in [-0.2, -0.15) is 0 Å². The average molecular weight is 392 g/mol. The average Bonchev–Trinajstić information content (AvgIpc) is 2.47. The van der Waals surface area contributed by atoms with Gasteiger partial charge in [-0.05, 0) is 65.7 Å². The van der Waals surface area contributed by atoms with Crippen molar-refractivity contribution in [1.29, 1.82) is 0 Å². The lowest BCUT2D eigenvalue weighted by Crippen LogP contribution is -2.69. The van der Waals surface area contributed by atoms with Gasteiger partial charge in [0.1, 0.15) is 22.5 Å². The monoisotopic (exact) mass is 392 g/mol. The summed E-state index contributed by atoms with van der Waals surface area (Å²) in [6.45, 7) is 13.4. The first-order chi connectivity index (χ1) is 12.7. The van der Waals surface area contributed by atoms with Crippen molar-refractivity contribution in [3.8, 4) is 5.75 Å². The lowest BCUT2D eigenvalue weighted by Gasteiger charge is -2.50. The molecule has 2 amide bonds. The molecular weight excluding hydrogens is 360 g/mol. The highest BCUT2D eigenvalue weighted by atomic mass is 16.6. The molecule has 1 N–H and O–H groups in total. The van der Waals surface area contributed by atoms with Crippen LogP contribution in [0.15, 0.2) is 18.2 Å². The lowest BCUT2D eigenvalue weighted by molar-refractivity contribution is -0.0230. The predicted molar refractivity (Wildman–Crippen MR) is 107 cm³/mol. The fourth-order valence-corrected chi connectivity index (χ4v) is 3.01. The van der Waals surface area contributed by atoms with Crippen LogP contribution in [0.4, 0.5) is 9.59 Å². The molecule has 0 aliphatic carbocycles. The van der Waals surface area contributed by atoms with Crippen LogP contribution in [0.1, 0.15) is 52.7 Å². The van der Waals surface area contributed by atoms with Crippen molar-refractivity contribution in [1.82, 2.24) is 10.2 Å². The van der Waals surface area contributed by atoms with Crippen molar-refractivity contribution in [3.63, 3.8) is 0 Å². The van der Waals surface area contributed by atoms with Crippen LogP contribution < -0.4 is 10.1 Å². The molecule has 28 heavy (non-hydrogen) atoms. The van der Waals surface area contributed by atoms with Gasteiger partial charge >= 0.3 is 12.2 Å². The molecule has 0 aromatic heterocycles. The van der Waals surface area contributed by atoms with Crippen molar-refractivity contribution in [2.45, 2.75) is 65.2 Å². The third kappa shape index (κ3) is 5.30. The molecule has 2 rings (SSSR count). The largest absolute Gasteiger partial charge is 0.496 e. The first-order valence-corrected chi connectivity index (χ1v) is 9.39. The van der Waals surface area contributed by atoms with Crippen LogP contribution in [0.25, 0.3) is 0 Å². The maximum atomic E-state index is 12.5. The lowest BCUT2D eigenvalue weighted by atomic mass is 9.82. The van der Waals surface area contributed by atoms with Crippen molar-refractivity contribution in [2.24, 2.45) is 0 Å². The van der Waals surface area contributed by atoms with E-state index < -0.39 is 28.9 Å². The van der Waals surface area contributed by atoms with Gasteiger partial charge in [-0.3, -0.25) is 0 Å². The van der Waals surface area contributed by atoms with Gasteiger partial charge in [0.15, 0.2) is 0 Å². The van der Waals surface area contributed by atoms with E-state index in [0.717, 1.165) is 16.9 Å². The van der Waals surface area contributed by atoms with Crippen LogP contribution in [0.3, 0.4) is 0 Å². The molecule has 0 saturated carbocycles. The number of carbonyl (C=O) groups is 2. The summed E-state index contributed by atoms with van der Waals surface area (Å²) < 4.78 is 16.3. The molecule has 1 aromatic carbocycles. The highest BCUT2D eigenvalue weighted by Crippen LogP contribution is 2.36. The molecule has 1 heterocycles. The van der Waals surface area contributed by atoms with E-state index in [1.165, 1.54) is 0 Å². The second-order valence-corrected chi connectivity index (χ2v) is 9.23. The Morgan fingerprint density at radius 1 is 1.04 bits per heavy atom. The third-order valence-electron chi connectivity index (χ3n) is 4.27. The number of nitrogens with one attached hydrogen (secondary N) is 1. The maximum Gasteiger partial charge on any atom is 0.410 e. The van der Waals surface area contributed by atoms with Crippen LogP contribution >= 0.6 is 0 Å². The Kier molecular flexibility index (Phi) is 5.87. The molecule has 1 fully saturated rings. The first-order valence-electron chi connectivity index (χ1n) is 9.39. The summed E-state index contributed by atoms with van der Waals surface area (Å²) in [5.74, 6) is 0.721. The van der Waals surface area contributed by atoms with Crippen LogP contribution in [0, 0.1) is 6.92 Å². The number of hydrogen-bond acceptors (Lipinski definition) is 5. The highest BCUT2D eigenvalue weighted by molar-refractivity contribution is 5.73. The number of nitrogens with zero attached hydrogens (tertiary/aromatic N) is 1. The number of rotatable bonds is 3. The summed E-state index contributed by atoms with van der Waals surface area (Å²) in [5, 5.41) is 2.96. The number of carbonyl (C=O) groups excluding carboxylic acids is 2. The van der Waals surface area contributed by atoms with E-state index >= 15 is 0 Å². The zero-order valence-electron chi connectivity index (χ0n) is 18.1. The quantitative estimate of drug-likeness (QED) is 0.842. The molecule has 7 heteroatoms. The molecule has 1 aromatic rings. The Morgan fingerprint density at radius 3 is 2.11 bits per heavy atom. The fraction of sp³-hybridized carbons (Fsp3) is 0.619. The second-order valence-electron chi connectivity index (χ2n) is 9.23. The van der Waals surface area contributed by atoms with Crippen molar-refractivity contribution >= 4 is 12.2 Å². The molecule has 0 bridgehead atoms.